The molecule has 0 aliphatic carbocycles. The van der Waals surface area contributed by atoms with Gasteiger partial charge in [-0.15, -0.1) is 0 Å². The lowest BCUT2D eigenvalue weighted by atomic mass is 10.2. The molecular formula is C13H16BrN3. The summed E-state index contributed by atoms with van der Waals surface area (Å²) in [6.07, 6.45) is 0. The van der Waals surface area contributed by atoms with E-state index in [9.17, 15) is 0 Å². The maximum atomic E-state index is 4.19. The maximum absolute atomic E-state index is 4.19. The van der Waals surface area contributed by atoms with Crippen LogP contribution in [0.1, 0.15) is 22.5 Å². The standard InChI is InChI=1S/C13H16BrN3/c1-8-6-11(4-5-13(8)14)15-7-12-9(2)16-17-10(12)3/h4-6,15H,7H2,1-3H3,(H,16,17). The lowest BCUT2D eigenvalue weighted by Gasteiger charge is -2.08. The van der Waals surface area contributed by atoms with Crippen molar-refractivity contribution in [2.24, 2.45) is 0 Å². The Morgan fingerprint density at radius 3 is 2.65 bits per heavy atom. The van der Waals surface area contributed by atoms with E-state index >= 15 is 0 Å². The quantitative estimate of drug-likeness (QED) is 0.906. The average molecular weight is 294 g/mol. The zero-order valence-corrected chi connectivity index (χ0v) is 11.9. The summed E-state index contributed by atoms with van der Waals surface area (Å²) >= 11 is 3.50. The molecule has 1 aromatic carbocycles. The molecule has 0 fully saturated rings. The number of aromatic nitrogens is 2. The van der Waals surface area contributed by atoms with Crippen LogP contribution < -0.4 is 5.32 Å². The van der Waals surface area contributed by atoms with Gasteiger partial charge in [0.25, 0.3) is 0 Å². The van der Waals surface area contributed by atoms with E-state index in [4.69, 9.17) is 0 Å². The number of anilines is 1. The van der Waals surface area contributed by atoms with Crippen LogP contribution in [-0.2, 0) is 6.54 Å². The third-order valence-electron chi connectivity index (χ3n) is 2.91. The van der Waals surface area contributed by atoms with Gasteiger partial charge in [-0.05, 0) is 44.5 Å². The van der Waals surface area contributed by atoms with Gasteiger partial charge in [0.2, 0.25) is 0 Å². The van der Waals surface area contributed by atoms with Crippen LogP contribution in [0.4, 0.5) is 5.69 Å². The molecule has 2 N–H and O–H groups in total. The molecule has 90 valence electrons. The second-order valence-electron chi connectivity index (χ2n) is 4.23. The summed E-state index contributed by atoms with van der Waals surface area (Å²) < 4.78 is 1.14. The smallest absolute Gasteiger partial charge is 0.0643 e. The molecule has 1 aromatic heterocycles. The molecule has 2 rings (SSSR count). The summed E-state index contributed by atoms with van der Waals surface area (Å²) in [6, 6.07) is 6.27. The minimum absolute atomic E-state index is 0.801. The number of halogens is 1. The topological polar surface area (TPSA) is 40.7 Å². The van der Waals surface area contributed by atoms with E-state index < -0.39 is 0 Å². The van der Waals surface area contributed by atoms with E-state index in [1.165, 1.54) is 11.1 Å². The molecule has 0 aliphatic rings. The van der Waals surface area contributed by atoms with Crippen molar-refractivity contribution >= 4 is 21.6 Å². The summed E-state index contributed by atoms with van der Waals surface area (Å²) in [5.41, 5.74) is 5.79. The van der Waals surface area contributed by atoms with E-state index in [1.807, 2.05) is 13.8 Å². The molecule has 17 heavy (non-hydrogen) atoms. The SMILES string of the molecule is Cc1cc(NCc2c(C)n[nH]c2C)ccc1Br. The monoisotopic (exact) mass is 293 g/mol. The molecule has 3 nitrogen and oxygen atoms in total. The first-order chi connectivity index (χ1) is 8.08. The summed E-state index contributed by atoms with van der Waals surface area (Å²) in [5.74, 6) is 0. The van der Waals surface area contributed by atoms with Crippen LogP contribution in [0, 0.1) is 20.8 Å². The van der Waals surface area contributed by atoms with E-state index in [0.717, 1.165) is 28.1 Å². The van der Waals surface area contributed by atoms with Gasteiger partial charge in [-0.2, -0.15) is 5.10 Å². The van der Waals surface area contributed by atoms with Gasteiger partial charge in [-0.3, -0.25) is 5.10 Å². The first-order valence-electron chi connectivity index (χ1n) is 5.58. The van der Waals surface area contributed by atoms with Crippen LogP contribution in [0.3, 0.4) is 0 Å². The molecule has 1 heterocycles. The van der Waals surface area contributed by atoms with Gasteiger partial charge in [0.1, 0.15) is 0 Å². The predicted molar refractivity (Wildman–Crippen MR) is 74.3 cm³/mol. The number of nitrogens with zero attached hydrogens (tertiary/aromatic N) is 1. The van der Waals surface area contributed by atoms with Crippen molar-refractivity contribution in [3.8, 4) is 0 Å². The van der Waals surface area contributed by atoms with Gasteiger partial charge in [0, 0.05) is 28.0 Å². The zero-order chi connectivity index (χ0) is 12.4. The van der Waals surface area contributed by atoms with Crippen LogP contribution in [0.5, 0.6) is 0 Å². The van der Waals surface area contributed by atoms with Crippen LogP contribution in [0.15, 0.2) is 22.7 Å². The second-order valence-corrected chi connectivity index (χ2v) is 5.08. The van der Waals surface area contributed by atoms with Gasteiger partial charge >= 0.3 is 0 Å². The van der Waals surface area contributed by atoms with Crippen molar-refractivity contribution < 1.29 is 0 Å². The summed E-state index contributed by atoms with van der Waals surface area (Å²) in [4.78, 5) is 0. The number of nitrogens with one attached hydrogen (secondary N) is 2. The van der Waals surface area contributed by atoms with Gasteiger partial charge in [0.15, 0.2) is 0 Å². The molecular weight excluding hydrogens is 278 g/mol. The van der Waals surface area contributed by atoms with Crippen molar-refractivity contribution in [2.45, 2.75) is 27.3 Å². The fraction of sp³-hybridized carbons (Fsp3) is 0.308. The predicted octanol–water partition coefficient (Wildman–Crippen LogP) is 3.71. The number of benzene rings is 1. The van der Waals surface area contributed by atoms with Gasteiger partial charge in [-0.1, -0.05) is 15.9 Å². The van der Waals surface area contributed by atoms with Crippen molar-refractivity contribution in [1.82, 2.24) is 10.2 Å². The molecule has 0 saturated carbocycles. The number of hydrogen-bond acceptors (Lipinski definition) is 2. The lowest BCUT2D eigenvalue weighted by Crippen LogP contribution is -2.01. The van der Waals surface area contributed by atoms with Crippen molar-refractivity contribution in [3.05, 3.63) is 45.2 Å². The summed E-state index contributed by atoms with van der Waals surface area (Å²) in [5, 5.41) is 10.6. The van der Waals surface area contributed by atoms with Crippen molar-refractivity contribution in [3.63, 3.8) is 0 Å². The Labute approximate surface area is 110 Å². The Balaban J connectivity index is 2.10. The maximum Gasteiger partial charge on any atom is 0.0643 e. The largest absolute Gasteiger partial charge is 0.381 e. The minimum atomic E-state index is 0.801. The van der Waals surface area contributed by atoms with E-state index in [-0.39, 0.29) is 0 Å². The minimum Gasteiger partial charge on any atom is -0.381 e. The fourth-order valence-corrected chi connectivity index (χ4v) is 2.03. The van der Waals surface area contributed by atoms with Crippen molar-refractivity contribution in [1.29, 1.82) is 0 Å². The average Bonchev–Trinajstić information content (AvgIpc) is 2.61. The third kappa shape index (κ3) is 2.69. The Morgan fingerprint density at radius 1 is 1.29 bits per heavy atom. The van der Waals surface area contributed by atoms with E-state index in [1.54, 1.807) is 0 Å². The van der Waals surface area contributed by atoms with Crippen molar-refractivity contribution in [2.75, 3.05) is 5.32 Å². The number of aromatic amines is 1. The van der Waals surface area contributed by atoms with Crippen LogP contribution in [-0.4, -0.2) is 10.2 Å². The Morgan fingerprint density at radius 2 is 2.06 bits per heavy atom. The molecule has 0 amide bonds. The first kappa shape index (κ1) is 12.2. The Bertz CT molecular complexity index is 512. The third-order valence-corrected chi connectivity index (χ3v) is 3.80. The Kier molecular flexibility index (Phi) is 3.52. The van der Waals surface area contributed by atoms with Gasteiger partial charge < -0.3 is 5.32 Å². The highest BCUT2D eigenvalue weighted by Crippen LogP contribution is 2.21. The molecule has 0 saturated heterocycles. The number of H-pyrrole nitrogens is 1. The molecule has 4 heteroatoms. The number of rotatable bonds is 3. The van der Waals surface area contributed by atoms with E-state index in [2.05, 4.69) is 56.6 Å². The zero-order valence-electron chi connectivity index (χ0n) is 10.3. The van der Waals surface area contributed by atoms with Gasteiger partial charge in [0.05, 0.1) is 5.69 Å². The number of hydrogen-bond donors (Lipinski definition) is 2. The highest BCUT2D eigenvalue weighted by atomic mass is 79.9. The normalized spacial score (nSPS) is 10.6. The molecule has 0 radical (unpaired) electrons. The van der Waals surface area contributed by atoms with Crippen LogP contribution in [0.25, 0.3) is 0 Å². The highest BCUT2D eigenvalue weighted by molar-refractivity contribution is 9.10. The molecule has 0 spiro atoms. The Hall–Kier alpha value is -1.29. The first-order valence-corrected chi connectivity index (χ1v) is 6.37. The summed E-state index contributed by atoms with van der Waals surface area (Å²) in [6.45, 7) is 6.95. The molecule has 0 unspecified atom stereocenters. The molecule has 0 aliphatic heterocycles. The molecule has 0 bridgehead atoms. The van der Waals surface area contributed by atoms with E-state index in [0.29, 0.717) is 0 Å². The highest BCUT2D eigenvalue weighted by Gasteiger charge is 2.05. The van der Waals surface area contributed by atoms with Crippen LogP contribution in [0.2, 0.25) is 0 Å². The fourth-order valence-electron chi connectivity index (χ4n) is 1.78. The van der Waals surface area contributed by atoms with Gasteiger partial charge in [-0.25, -0.2) is 0 Å². The lowest BCUT2D eigenvalue weighted by molar-refractivity contribution is 1.02. The second kappa shape index (κ2) is 4.92. The summed E-state index contributed by atoms with van der Waals surface area (Å²) in [7, 11) is 0. The number of aryl methyl sites for hydroxylation is 3. The van der Waals surface area contributed by atoms with Crippen LogP contribution >= 0.6 is 15.9 Å². The molecule has 2 aromatic rings. The molecule has 0 atom stereocenters.